The summed E-state index contributed by atoms with van der Waals surface area (Å²) in [7, 11) is -4.31. The molecule has 0 bridgehead atoms. The van der Waals surface area contributed by atoms with Crippen molar-refractivity contribution in [1.29, 1.82) is 0 Å². The quantitative estimate of drug-likeness (QED) is 0.0713. The van der Waals surface area contributed by atoms with Gasteiger partial charge in [0, 0.05) is 51.7 Å². The number of carboxylic acids is 1. The first-order chi connectivity index (χ1) is 24.9. The van der Waals surface area contributed by atoms with Crippen LogP contribution in [0.4, 0.5) is 5.69 Å². The van der Waals surface area contributed by atoms with Crippen molar-refractivity contribution in [2.24, 2.45) is 16.7 Å². The van der Waals surface area contributed by atoms with E-state index in [1.807, 2.05) is 105 Å². The second kappa shape index (κ2) is 15.3. The van der Waals surface area contributed by atoms with Crippen LogP contribution in [0.25, 0.3) is 10.3 Å². The Hall–Kier alpha value is -4.62. The van der Waals surface area contributed by atoms with Gasteiger partial charge in [0.25, 0.3) is 10.1 Å². The summed E-state index contributed by atoms with van der Waals surface area (Å²) in [4.78, 5) is 31.2. The fourth-order valence-corrected chi connectivity index (χ4v) is 8.03. The maximum Gasteiger partial charge on any atom is 0.307 e. The smallest absolute Gasteiger partial charge is 0.307 e. The molecule has 3 aliphatic rings. The molecule has 4 rings (SSSR count). The summed E-state index contributed by atoms with van der Waals surface area (Å²) in [5, 5.41) is 21.0. The topological polar surface area (TPSA) is 148 Å². The molecule has 2 heterocycles. The number of unbranched alkanes of at least 4 members (excludes halogenated alkanes) is 1. The van der Waals surface area contributed by atoms with Gasteiger partial charge in [-0.2, -0.15) is 13.0 Å². The van der Waals surface area contributed by atoms with Crippen molar-refractivity contribution in [3.05, 3.63) is 109 Å². The molecule has 1 aromatic carbocycles. The number of carbonyl (C=O) groups excluding carboxylic acids is 1. The molecule has 0 fully saturated rings. The number of allylic oxidation sites excluding steroid dienone is 9. The number of ketones is 1. The van der Waals surface area contributed by atoms with E-state index in [0.717, 1.165) is 28.7 Å². The minimum Gasteiger partial charge on any atom is -0.775 e. The highest BCUT2D eigenvalue weighted by atomic mass is 32.2. The Morgan fingerprint density at radius 1 is 1.07 bits per heavy atom. The predicted octanol–water partition coefficient (Wildman–Crippen LogP) is 8.80. The molecule has 0 saturated carbocycles. The van der Waals surface area contributed by atoms with Crippen LogP contribution in [0.3, 0.4) is 0 Å². The van der Waals surface area contributed by atoms with Crippen LogP contribution in [-0.4, -0.2) is 58.3 Å². The Morgan fingerprint density at radius 3 is 2.15 bits per heavy atom. The molecule has 2 N–H and O–H groups in total. The van der Waals surface area contributed by atoms with Crippen LogP contribution in [0.1, 0.15) is 103 Å². The van der Waals surface area contributed by atoms with E-state index in [1.165, 1.54) is 0 Å². The van der Waals surface area contributed by atoms with Crippen molar-refractivity contribution in [2.45, 2.75) is 107 Å². The molecule has 54 heavy (non-hydrogen) atoms. The van der Waals surface area contributed by atoms with E-state index in [9.17, 15) is 33.1 Å². The number of carbonyl (C=O) groups is 2. The van der Waals surface area contributed by atoms with Gasteiger partial charge in [-0.1, -0.05) is 61.3 Å². The van der Waals surface area contributed by atoms with Crippen molar-refractivity contribution in [1.82, 2.24) is 0 Å². The van der Waals surface area contributed by atoms with Gasteiger partial charge in [0.1, 0.15) is 18.1 Å². The van der Waals surface area contributed by atoms with Crippen molar-refractivity contribution in [3.63, 3.8) is 0 Å². The van der Waals surface area contributed by atoms with Crippen molar-refractivity contribution >= 4 is 39.1 Å². The molecule has 0 spiro atoms. The molecule has 2 unspecified atom stereocenters. The van der Waals surface area contributed by atoms with Crippen molar-refractivity contribution in [3.8, 4) is 0 Å². The van der Waals surface area contributed by atoms with E-state index in [1.54, 1.807) is 12.2 Å². The number of aryl methyl sites for hydroxylation is 1. The first-order valence-corrected chi connectivity index (χ1v) is 20.0. The summed E-state index contributed by atoms with van der Waals surface area (Å²) in [6.07, 6.45) is 8.72. The van der Waals surface area contributed by atoms with Gasteiger partial charge in [0.15, 0.2) is 11.5 Å². The van der Waals surface area contributed by atoms with E-state index in [4.69, 9.17) is 11.3 Å². The summed E-state index contributed by atoms with van der Waals surface area (Å²) in [6.45, 7) is 29.8. The van der Waals surface area contributed by atoms with Gasteiger partial charge >= 0.3 is 5.97 Å². The number of benzene rings is 1. The molecule has 0 radical (unpaired) electrons. The Balaban J connectivity index is 2.11. The first-order valence-electron chi connectivity index (χ1n) is 18.4. The lowest BCUT2D eigenvalue weighted by Gasteiger charge is -2.33. The van der Waals surface area contributed by atoms with E-state index in [2.05, 4.69) is 4.85 Å². The highest BCUT2D eigenvalue weighted by Crippen LogP contribution is 2.51. The van der Waals surface area contributed by atoms with Crippen LogP contribution < -0.4 is 0 Å². The van der Waals surface area contributed by atoms with Crippen LogP contribution in [0.2, 0.25) is 0 Å². The summed E-state index contributed by atoms with van der Waals surface area (Å²) < 4.78 is 41.5. The molecule has 288 valence electrons. The minimum atomic E-state index is -4.31. The Morgan fingerprint density at radius 2 is 1.67 bits per heavy atom. The Bertz CT molecular complexity index is 2170. The normalized spacial score (nSPS) is 20.1. The lowest BCUT2D eigenvalue weighted by Crippen LogP contribution is -2.44. The number of carboxylic acid groups (broad SMARTS) is 1. The number of hydrogen-bond donors (Lipinski definition) is 2. The third kappa shape index (κ3) is 8.07. The summed E-state index contributed by atoms with van der Waals surface area (Å²) >= 11 is 0. The molecule has 0 aromatic heterocycles. The summed E-state index contributed by atoms with van der Waals surface area (Å²) in [5.74, 6) is 0.477. The maximum absolute atomic E-state index is 14.4. The summed E-state index contributed by atoms with van der Waals surface area (Å²) in [6, 6.07) is 1.96. The highest BCUT2D eigenvalue weighted by molar-refractivity contribution is 7.85. The van der Waals surface area contributed by atoms with Crippen LogP contribution in [0.15, 0.2) is 69.9 Å². The number of ether oxygens (including phenoxy) is 1. The zero-order valence-electron chi connectivity index (χ0n) is 33.4. The predicted molar refractivity (Wildman–Crippen MR) is 212 cm³/mol. The van der Waals surface area contributed by atoms with E-state index < -0.39 is 39.0 Å². The second-order valence-electron chi connectivity index (χ2n) is 16.8. The Labute approximate surface area is 320 Å². The molecule has 10 nitrogen and oxygen atoms in total. The average molecular weight is 756 g/mol. The molecule has 11 heteroatoms. The fraction of sp³-hybridized carbons (Fsp3) is 0.488. The zero-order chi connectivity index (χ0) is 40.7. The molecule has 0 saturated heterocycles. The number of fused-ring (bicyclic) bond motifs is 1. The largest absolute Gasteiger partial charge is 0.775 e. The van der Waals surface area contributed by atoms with Crippen LogP contribution in [0.5, 0.6) is 0 Å². The van der Waals surface area contributed by atoms with E-state index in [-0.39, 0.29) is 46.2 Å². The highest BCUT2D eigenvalue weighted by Gasteiger charge is 2.56. The number of rotatable bonds is 12. The molecular formula is C43H53N3O7S. The average Bonchev–Trinajstić information content (AvgIpc) is 3.29. The molecule has 1 aromatic rings. The second-order valence-corrected chi connectivity index (χ2v) is 18.3. The van der Waals surface area contributed by atoms with Crippen molar-refractivity contribution < 1.29 is 37.0 Å². The Kier molecular flexibility index (Phi) is 11.9. The van der Waals surface area contributed by atoms with Gasteiger partial charge in [0.05, 0.1) is 23.7 Å². The SMILES string of the molecule is [C-]#[N+]C(=C=[N-])C1=C(C=C2C=C(C(C)(C)C)OC(C(C)(C)C)=C2)C(=O)C1=CC1=[N+](CCCS(=O)(=O)O)c2cc(C)c(C)c(C)c2C1(C)C(CCCC)C(=O)O. The van der Waals surface area contributed by atoms with Crippen LogP contribution >= 0.6 is 0 Å². The number of nitrogens with zero attached hydrogens (tertiary/aromatic N) is 3. The third-order valence-corrected chi connectivity index (χ3v) is 11.6. The molecule has 2 atom stereocenters. The van der Waals surface area contributed by atoms with Gasteiger partial charge in [0.2, 0.25) is 11.4 Å². The van der Waals surface area contributed by atoms with Gasteiger partial charge in [-0.05, 0) is 74.6 Å². The van der Waals surface area contributed by atoms with Gasteiger partial charge < -0.3 is 15.3 Å². The van der Waals surface area contributed by atoms with E-state index >= 15 is 0 Å². The molecule has 2 aliphatic heterocycles. The summed E-state index contributed by atoms with van der Waals surface area (Å²) in [5.41, 5.74) is 3.65. The standard InChI is InChI=1S/C43H53N3O7S/c1-13-14-16-31(40(48)49)43(11)34(46(17-15-18-54(50,51)52)33-19-25(2)26(3)27(4)38(33)43)23-30-37(32(24-44)45-12)29(39(30)47)20-28-21-35(41(5,6)7)53-36(22-28)42(8,9)10/h19-23,31H,13-18H2,1-11H3,(H,48,49)(H,50,51,52). The van der Waals surface area contributed by atoms with Gasteiger partial charge in [-0.3, -0.25) is 20.0 Å². The zero-order valence-corrected chi connectivity index (χ0v) is 34.2. The molecule has 1 aliphatic carbocycles. The monoisotopic (exact) mass is 755 g/mol. The van der Waals surface area contributed by atoms with Crippen LogP contribution in [-0.2, 0) is 29.9 Å². The van der Waals surface area contributed by atoms with Crippen molar-refractivity contribution in [2.75, 3.05) is 12.3 Å². The molecular weight excluding hydrogens is 703 g/mol. The van der Waals surface area contributed by atoms with Gasteiger partial charge in [-0.25, -0.2) is 4.85 Å². The van der Waals surface area contributed by atoms with Crippen LogP contribution in [0, 0.1) is 44.1 Å². The fourth-order valence-electron chi connectivity index (χ4n) is 7.53. The minimum absolute atomic E-state index is 0.0122. The third-order valence-electron chi connectivity index (χ3n) is 10.8. The lowest BCUT2D eigenvalue weighted by molar-refractivity contribution is -0.437. The van der Waals surface area contributed by atoms with Gasteiger partial charge in [-0.15, -0.1) is 0 Å². The van der Waals surface area contributed by atoms with E-state index in [0.29, 0.717) is 41.3 Å². The maximum atomic E-state index is 14.4. The molecule has 0 amide bonds. The number of Topliss-reactive ketones (excluding diaryl/α,β-unsaturated/α-hetero) is 1. The lowest BCUT2D eigenvalue weighted by atomic mass is 9.65. The number of hydrogen-bond acceptors (Lipinski definition) is 5. The first kappa shape index (κ1) is 42.1. The number of aliphatic carboxylic acids is 1.